The number of ether oxygens (including phenoxy) is 2. The van der Waals surface area contributed by atoms with Gasteiger partial charge in [0, 0.05) is 10.6 Å². The molecule has 0 spiro atoms. The number of nitrogens with one attached hydrogen (secondary N) is 1. The summed E-state index contributed by atoms with van der Waals surface area (Å²) >= 11 is 6.03. The molecule has 2 aromatic carbocycles. The third-order valence-corrected chi connectivity index (χ3v) is 4.95. The number of rotatable bonds is 4. The minimum absolute atomic E-state index is 0.0283. The first-order valence-corrected chi connectivity index (χ1v) is 8.71. The summed E-state index contributed by atoms with van der Waals surface area (Å²) in [6.45, 7) is 0. The van der Waals surface area contributed by atoms with Crippen molar-refractivity contribution in [3.8, 4) is 11.5 Å². The third-order valence-electron chi connectivity index (χ3n) is 4.70. The average Bonchev–Trinajstić information content (AvgIpc) is 3.16. The largest absolute Gasteiger partial charge is 0.497 e. The molecule has 1 aromatic heterocycles. The van der Waals surface area contributed by atoms with Crippen LogP contribution in [-0.2, 0) is 0 Å². The predicted octanol–water partition coefficient (Wildman–Crippen LogP) is 4.10. The van der Waals surface area contributed by atoms with E-state index in [9.17, 15) is 0 Å². The van der Waals surface area contributed by atoms with Crippen molar-refractivity contribution in [1.82, 2.24) is 14.8 Å². The Morgan fingerprint density at radius 1 is 1.12 bits per heavy atom. The Morgan fingerprint density at radius 2 is 1.92 bits per heavy atom. The van der Waals surface area contributed by atoms with Crippen molar-refractivity contribution in [3.63, 3.8) is 0 Å². The Morgan fingerprint density at radius 3 is 2.65 bits per heavy atom. The Hall–Kier alpha value is -2.73. The van der Waals surface area contributed by atoms with E-state index in [1.807, 2.05) is 47.1 Å². The molecule has 2 heterocycles. The molecule has 3 aromatic rings. The van der Waals surface area contributed by atoms with Crippen LogP contribution in [0.3, 0.4) is 0 Å². The second kappa shape index (κ2) is 6.88. The molecule has 0 aliphatic carbocycles. The molecule has 7 heteroatoms. The molecule has 26 heavy (non-hydrogen) atoms. The highest BCUT2D eigenvalue weighted by molar-refractivity contribution is 6.30. The van der Waals surface area contributed by atoms with Crippen molar-refractivity contribution in [2.45, 2.75) is 18.5 Å². The molecule has 2 atom stereocenters. The Labute approximate surface area is 156 Å². The maximum Gasteiger partial charge on any atom is 0.222 e. The third kappa shape index (κ3) is 2.97. The number of anilines is 1. The van der Waals surface area contributed by atoms with Crippen LogP contribution in [0.15, 0.2) is 48.8 Å². The predicted molar refractivity (Wildman–Crippen MR) is 100 cm³/mol. The van der Waals surface area contributed by atoms with Gasteiger partial charge in [0.1, 0.15) is 17.8 Å². The van der Waals surface area contributed by atoms with Gasteiger partial charge in [0.15, 0.2) is 0 Å². The molecular weight excluding hydrogens is 352 g/mol. The summed E-state index contributed by atoms with van der Waals surface area (Å²) in [4.78, 5) is 4.37. The second-order valence-corrected chi connectivity index (χ2v) is 6.57. The number of methoxy groups -OCH3 is 2. The summed E-state index contributed by atoms with van der Waals surface area (Å²) in [5, 5.41) is 8.59. The maximum absolute atomic E-state index is 6.03. The Balaban J connectivity index is 1.77. The van der Waals surface area contributed by atoms with Crippen LogP contribution in [0.5, 0.6) is 11.5 Å². The summed E-state index contributed by atoms with van der Waals surface area (Å²) < 4.78 is 12.9. The fraction of sp³-hybridized carbons (Fsp3) is 0.263. The zero-order chi connectivity index (χ0) is 18.1. The zero-order valence-electron chi connectivity index (χ0n) is 14.5. The molecule has 0 saturated heterocycles. The van der Waals surface area contributed by atoms with Gasteiger partial charge in [0.2, 0.25) is 5.95 Å². The van der Waals surface area contributed by atoms with Crippen molar-refractivity contribution < 1.29 is 9.47 Å². The van der Waals surface area contributed by atoms with Gasteiger partial charge in [-0.15, -0.1) is 0 Å². The molecule has 0 bridgehead atoms. The van der Waals surface area contributed by atoms with E-state index in [0.29, 0.717) is 0 Å². The lowest BCUT2D eigenvalue weighted by atomic mass is 9.92. The van der Waals surface area contributed by atoms with Crippen LogP contribution in [0.2, 0.25) is 5.02 Å². The lowest BCUT2D eigenvalue weighted by Crippen LogP contribution is -2.28. The van der Waals surface area contributed by atoms with Gasteiger partial charge in [-0.05, 0) is 42.3 Å². The molecular formula is C19H19ClN4O2. The molecule has 4 rings (SSSR count). The van der Waals surface area contributed by atoms with Gasteiger partial charge < -0.3 is 14.8 Å². The average molecular weight is 371 g/mol. The van der Waals surface area contributed by atoms with Crippen LogP contribution in [-0.4, -0.2) is 29.0 Å². The van der Waals surface area contributed by atoms with E-state index in [4.69, 9.17) is 21.1 Å². The van der Waals surface area contributed by atoms with E-state index in [-0.39, 0.29) is 12.1 Å². The highest BCUT2D eigenvalue weighted by Crippen LogP contribution is 2.41. The number of benzene rings is 2. The van der Waals surface area contributed by atoms with Crippen LogP contribution >= 0.6 is 11.6 Å². The SMILES string of the molecule is COc1ccc(OC)c([C@H]2C[C@@H](c3ccc(Cl)cc3)Nc3ncnn32)c1. The molecule has 0 amide bonds. The maximum atomic E-state index is 6.03. The summed E-state index contributed by atoms with van der Waals surface area (Å²) in [5.74, 6) is 2.31. The number of halogens is 1. The van der Waals surface area contributed by atoms with Crippen molar-refractivity contribution in [2.75, 3.05) is 19.5 Å². The summed E-state index contributed by atoms with van der Waals surface area (Å²) in [5.41, 5.74) is 2.16. The van der Waals surface area contributed by atoms with Crippen LogP contribution in [0, 0.1) is 0 Å². The Kier molecular flexibility index (Phi) is 4.42. The number of aromatic nitrogens is 3. The number of hydrogen-bond acceptors (Lipinski definition) is 5. The van der Waals surface area contributed by atoms with Crippen LogP contribution in [0.25, 0.3) is 0 Å². The molecule has 134 valence electrons. The summed E-state index contributed by atoms with van der Waals surface area (Å²) in [6, 6.07) is 13.7. The van der Waals surface area contributed by atoms with E-state index in [0.717, 1.165) is 40.0 Å². The molecule has 6 nitrogen and oxygen atoms in total. The molecule has 0 saturated carbocycles. The zero-order valence-corrected chi connectivity index (χ0v) is 15.3. The van der Waals surface area contributed by atoms with Crippen LogP contribution < -0.4 is 14.8 Å². The number of fused-ring (bicyclic) bond motifs is 1. The van der Waals surface area contributed by atoms with Gasteiger partial charge in [-0.3, -0.25) is 0 Å². The highest BCUT2D eigenvalue weighted by Gasteiger charge is 2.31. The van der Waals surface area contributed by atoms with E-state index < -0.39 is 0 Å². The lowest BCUT2D eigenvalue weighted by Gasteiger charge is -2.32. The first kappa shape index (κ1) is 16.7. The van der Waals surface area contributed by atoms with Crippen molar-refractivity contribution >= 4 is 17.5 Å². The first-order valence-electron chi connectivity index (χ1n) is 8.33. The van der Waals surface area contributed by atoms with Crippen molar-refractivity contribution in [2.24, 2.45) is 0 Å². The van der Waals surface area contributed by atoms with E-state index in [1.165, 1.54) is 0 Å². The smallest absolute Gasteiger partial charge is 0.222 e. The van der Waals surface area contributed by atoms with Crippen LogP contribution in [0.1, 0.15) is 29.6 Å². The molecule has 1 N–H and O–H groups in total. The van der Waals surface area contributed by atoms with Crippen molar-refractivity contribution in [3.05, 3.63) is 64.9 Å². The first-order chi connectivity index (χ1) is 12.7. The van der Waals surface area contributed by atoms with E-state index in [1.54, 1.807) is 20.5 Å². The van der Waals surface area contributed by atoms with Crippen LogP contribution in [0.4, 0.5) is 5.95 Å². The monoisotopic (exact) mass is 370 g/mol. The summed E-state index contributed by atoms with van der Waals surface area (Å²) in [7, 11) is 3.33. The van der Waals surface area contributed by atoms with E-state index in [2.05, 4.69) is 15.4 Å². The topological polar surface area (TPSA) is 61.2 Å². The highest BCUT2D eigenvalue weighted by atomic mass is 35.5. The van der Waals surface area contributed by atoms with Gasteiger partial charge in [0.05, 0.1) is 26.3 Å². The lowest BCUT2D eigenvalue weighted by molar-refractivity contribution is 0.373. The Bertz CT molecular complexity index is 910. The molecule has 0 unspecified atom stereocenters. The summed E-state index contributed by atoms with van der Waals surface area (Å²) in [6.07, 6.45) is 2.35. The van der Waals surface area contributed by atoms with Gasteiger partial charge in [0.25, 0.3) is 0 Å². The molecule has 0 fully saturated rings. The van der Waals surface area contributed by atoms with Gasteiger partial charge in [-0.1, -0.05) is 23.7 Å². The van der Waals surface area contributed by atoms with Crippen molar-refractivity contribution in [1.29, 1.82) is 0 Å². The normalized spacial score (nSPS) is 18.7. The minimum Gasteiger partial charge on any atom is -0.497 e. The standard InChI is InChI=1S/C19H19ClN4O2/c1-25-14-7-8-18(26-2)15(9-14)17-10-16(12-3-5-13(20)6-4-12)23-19-21-11-22-24(17)19/h3-9,11,16-17H,10H2,1-2H3,(H,21,22,23)/t16-,17+/m0/s1. The van der Waals surface area contributed by atoms with E-state index >= 15 is 0 Å². The van der Waals surface area contributed by atoms with Gasteiger partial charge in [-0.25, -0.2) is 4.68 Å². The van der Waals surface area contributed by atoms with Gasteiger partial charge in [-0.2, -0.15) is 10.1 Å². The fourth-order valence-corrected chi connectivity index (χ4v) is 3.52. The second-order valence-electron chi connectivity index (χ2n) is 6.14. The van der Waals surface area contributed by atoms with Gasteiger partial charge >= 0.3 is 0 Å². The molecule has 1 aliphatic rings. The minimum atomic E-state index is -0.0283. The number of hydrogen-bond donors (Lipinski definition) is 1. The fourth-order valence-electron chi connectivity index (χ4n) is 3.39. The number of nitrogens with zero attached hydrogens (tertiary/aromatic N) is 3. The quantitative estimate of drug-likeness (QED) is 0.749. The molecule has 0 radical (unpaired) electrons. The molecule has 1 aliphatic heterocycles.